The molecule has 2 saturated heterocycles. The molecule has 6 nitrogen and oxygen atoms in total. The highest BCUT2D eigenvalue weighted by atomic mass is 16.2. The molecule has 0 bridgehead atoms. The zero-order valence-corrected chi connectivity index (χ0v) is 13.2. The molecule has 0 unspecified atom stereocenters. The van der Waals surface area contributed by atoms with Gasteiger partial charge in [-0.25, -0.2) is 0 Å². The van der Waals surface area contributed by atoms with Crippen LogP contribution < -0.4 is 0 Å². The molecule has 0 aromatic carbocycles. The molecule has 2 atom stereocenters. The molecule has 2 amide bonds. The van der Waals surface area contributed by atoms with E-state index in [1.54, 1.807) is 36.9 Å². The van der Waals surface area contributed by atoms with E-state index >= 15 is 0 Å². The lowest BCUT2D eigenvalue weighted by Gasteiger charge is -2.25. The molecule has 0 spiro atoms. The number of aromatic nitrogens is 2. The number of carbonyl (C=O) groups is 2. The fraction of sp³-hybridized carbons (Fsp3) is 0.333. The van der Waals surface area contributed by atoms with Gasteiger partial charge in [-0.05, 0) is 36.2 Å². The van der Waals surface area contributed by atoms with E-state index in [0.29, 0.717) is 25.1 Å². The lowest BCUT2D eigenvalue weighted by Crippen LogP contribution is -2.39. The van der Waals surface area contributed by atoms with Crippen LogP contribution in [-0.4, -0.2) is 50.2 Å². The highest BCUT2D eigenvalue weighted by molar-refractivity contribution is 5.95. The predicted octanol–water partition coefficient (Wildman–Crippen LogP) is 1.49. The minimum atomic E-state index is -0.0278. The molecule has 0 N–H and O–H groups in total. The Balaban J connectivity index is 1.52. The topological polar surface area (TPSA) is 66.4 Å². The minimum absolute atomic E-state index is 0.0107. The van der Waals surface area contributed by atoms with Crippen LogP contribution in [0.1, 0.15) is 28.8 Å². The fourth-order valence-electron chi connectivity index (χ4n) is 3.73. The van der Waals surface area contributed by atoms with E-state index in [1.165, 1.54) is 0 Å². The number of fused-ring (bicyclic) bond motifs is 1. The average Bonchev–Trinajstić information content (AvgIpc) is 3.16. The molecule has 4 rings (SSSR count). The summed E-state index contributed by atoms with van der Waals surface area (Å²) in [6.45, 7) is 1.27. The van der Waals surface area contributed by atoms with Gasteiger partial charge in [-0.2, -0.15) is 0 Å². The Hall–Kier alpha value is -2.76. The molecule has 0 aliphatic carbocycles. The van der Waals surface area contributed by atoms with Gasteiger partial charge in [0.1, 0.15) is 0 Å². The van der Waals surface area contributed by atoms with E-state index in [1.807, 2.05) is 21.9 Å². The Morgan fingerprint density at radius 2 is 1.71 bits per heavy atom. The Labute approximate surface area is 140 Å². The van der Waals surface area contributed by atoms with Crippen molar-refractivity contribution in [3.63, 3.8) is 0 Å². The third-order valence-corrected chi connectivity index (χ3v) is 4.91. The maximum absolute atomic E-state index is 12.7. The Kier molecular flexibility index (Phi) is 3.72. The normalized spacial score (nSPS) is 22.8. The SMILES string of the molecule is O=C(c1ccncc1)N1CC[C@H]2[C@H]1CC(=O)N2Cc1ccncc1. The van der Waals surface area contributed by atoms with Crippen molar-refractivity contribution in [2.45, 2.75) is 31.5 Å². The van der Waals surface area contributed by atoms with Crippen LogP contribution in [0.3, 0.4) is 0 Å². The number of pyridine rings is 2. The van der Waals surface area contributed by atoms with E-state index in [2.05, 4.69) is 9.97 Å². The molecule has 0 saturated carbocycles. The third kappa shape index (κ3) is 2.54. The van der Waals surface area contributed by atoms with Gasteiger partial charge in [-0.1, -0.05) is 0 Å². The first kappa shape index (κ1) is 14.8. The van der Waals surface area contributed by atoms with E-state index in [-0.39, 0.29) is 23.9 Å². The van der Waals surface area contributed by atoms with Crippen molar-refractivity contribution in [1.82, 2.24) is 19.8 Å². The summed E-state index contributed by atoms with van der Waals surface area (Å²) in [5.74, 6) is 0.109. The maximum atomic E-state index is 12.7. The van der Waals surface area contributed by atoms with Crippen molar-refractivity contribution in [3.05, 3.63) is 60.2 Å². The van der Waals surface area contributed by atoms with Gasteiger partial charge < -0.3 is 9.80 Å². The molecule has 24 heavy (non-hydrogen) atoms. The quantitative estimate of drug-likeness (QED) is 0.859. The third-order valence-electron chi connectivity index (χ3n) is 4.91. The van der Waals surface area contributed by atoms with Crippen LogP contribution in [0.2, 0.25) is 0 Å². The number of amides is 2. The van der Waals surface area contributed by atoms with Crippen LogP contribution >= 0.6 is 0 Å². The number of rotatable bonds is 3. The summed E-state index contributed by atoms with van der Waals surface area (Å²) < 4.78 is 0. The van der Waals surface area contributed by atoms with Crippen molar-refractivity contribution in [2.24, 2.45) is 0 Å². The van der Waals surface area contributed by atoms with Gasteiger partial charge in [0.15, 0.2) is 0 Å². The van der Waals surface area contributed by atoms with Gasteiger partial charge in [0.05, 0.1) is 12.1 Å². The highest BCUT2D eigenvalue weighted by Gasteiger charge is 2.48. The van der Waals surface area contributed by atoms with Crippen molar-refractivity contribution < 1.29 is 9.59 Å². The summed E-state index contributed by atoms with van der Waals surface area (Å²) in [7, 11) is 0. The monoisotopic (exact) mass is 322 g/mol. The number of hydrogen-bond donors (Lipinski definition) is 0. The smallest absolute Gasteiger partial charge is 0.254 e. The van der Waals surface area contributed by atoms with E-state index in [9.17, 15) is 9.59 Å². The largest absolute Gasteiger partial charge is 0.333 e. The van der Waals surface area contributed by atoms with Crippen LogP contribution in [-0.2, 0) is 11.3 Å². The van der Waals surface area contributed by atoms with Crippen LogP contribution in [0.5, 0.6) is 0 Å². The molecule has 2 aliphatic heterocycles. The lowest BCUT2D eigenvalue weighted by atomic mass is 10.1. The molecule has 6 heteroatoms. The number of nitrogens with zero attached hydrogens (tertiary/aromatic N) is 4. The van der Waals surface area contributed by atoms with Crippen LogP contribution in [0, 0.1) is 0 Å². The van der Waals surface area contributed by atoms with Gasteiger partial charge >= 0.3 is 0 Å². The zero-order valence-electron chi connectivity index (χ0n) is 13.2. The standard InChI is InChI=1S/C18H18N4O2/c23-17-11-16-15(22(17)12-13-1-6-19-7-2-13)5-10-21(16)18(24)14-3-8-20-9-4-14/h1-4,6-9,15-16H,5,10-12H2/t15-,16+/m0/s1. The van der Waals surface area contributed by atoms with E-state index in [0.717, 1.165) is 12.0 Å². The summed E-state index contributed by atoms with van der Waals surface area (Å²) in [4.78, 5) is 36.9. The molecule has 2 aromatic rings. The minimum Gasteiger partial charge on any atom is -0.333 e. The summed E-state index contributed by atoms with van der Waals surface area (Å²) in [6.07, 6.45) is 7.96. The summed E-state index contributed by atoms with van der Waals surface area (Å²) in [6, 6.07) is 7.38. The first-order chi connectivity index (χ1) is 11.7. The zero-order chi connectivity index (χ0) is 16.5. The number of carbonyl (C=O) groups excluding carboxylic acids is 2. The van der Waals surface area contributed by atoms with Crippen molar-refractivity contribution in [2.75, 3.05) is 6.54 Å². The Morgan fingerprint density at radius 1 is 1.04 bits per heavy atom. The Morgan fingerprint density at radius 3 is 2.42 bits per heavy atom. The first-order valence-corrected chi connectivity index (χ1v) is 8.13. The second-order valence-electron chi connectivity index (χ2n) is 6.24. The number of hydrogen-bond acceptors (Lipinski definition) is 4. The molecule has 4 heterocycles. The van der Waals surface area contributed by atoms with Crippen molar-refractivity contribution >= 4 is 11.8 Å². The van der Waals surface area contributed by atoms with E-state index < -0.39 is 0 Å². The molecule has 2 aromatic heterocycles. The van der Waals surface area contributed by atoms with Gasteiger partial charge in [0, 0.05) is 49.9 Å². The Bertz CT molecular complexity index is 750. The lowest BCUT2D eigenvalue weighted by molar-refractivity contribution is -0.129. The van der Waals surface area contributed by atoms with Crippen molar-refractivity contribution in [1.29, 1.82) is 0 Å². The molecule has 0 radical (unpaired) electrons. The first-order valence-electron chi connectivity index (χ1n) is 8.13. The van der Waals surface area contributed by atoms with Crippen LogP contribution in [0.25, 0.3) is 0 Å². The molecule has 122 valence electrons. The molecular weight excluding hydrogens is 304 g/mol. The van der Waals surface area contributed by atoms with Crippen LogP contribution in [0.4, 0.5) is 0 Å². The van der Waals surface area contributed by atoms with Gasteiger partial charge in [0.25, 0.3) is 5.91 Å². The summed E-state index contributed by atoms with van der Waals surface area (Å²) >= 11 is 0. The second kappa shape index (κ2) is 6.03. The predicted molar refractivity (Wildman–Crippen MR) is 86.9 cm³/mol. The number of likely N-dealkylation sites (tertiary alicyclic amines) is 2. The van der Waals surface area contributed by atoms with Crippen LogP contribution in [0.15, 0.2) is 49.1 Å². The second-order valence-corrected chi connectivity index (χ2v) is 6.24. The highest BCUT2D eigenvalue weighted by Crippen LogP contribution is 2.34. The van der Waals surface area contributed by atoms with Gasteiger partial charge in [-0.3, -0.25) is 19.6 Å². The summed E-state index contributed by atoms with van der Waals surface area (Å²) in [5, 5.41) is 0. The molecule has 2 fully saturated rings. The van der Waals surface area contributed by atoms with Gasteiger partial charge in [0.2, 0.25) is 5.91 Å². The van der Waals surface area contributed by atoms with E-state index in [4.69, 9.17) is 0 Å². The van der Waals surface area contributed by atoms with Crippen molar-refractivity contribution in [3.8, 4) is 0 Å². The molecular formula is C18H18N4O2. The molecule has 2 aliphatic rings. The van der Waals surface area contributed by atoms with Gasteiger partial charge in [-0.15, -0.1) is 0 Å². The average molecular weight is 322 g/mol. The summed E-state index contributed by atoms with van der Waals surface area (Å²) in [5.41, 5.74) is 1.70. The fourth-order valence-corrected chi connectivity index (χ4v) is 3.73. The maximum Gasteiger partial charge on any atom is 0.254 e.